The highest BCUT2D eigenvalue weighted by molar-refractivity contribution is 7.91. The predicted octanol–water partition coefficient (Wildman–Crippen LogP) is 0.946. The molecule has 1 aliphatic heterocycles. The van der Waals surface area contributed by atoms with Crippen molar-refractivity contribution in [1.82, 2.24) is 9.78 Å². The first-order valence-corrected chi connectivity index (χ1v) is 10.7. The van der Waals surface area contributed by atoms with Crippen LogP contribution in [0.15, 0.2) is 24.3 Å². The van der Waals surface area contributed by atoms with E-state index >= 15 is 0 Å². The highest BCUT2D eigenvalue weighted by Crippen LogP contribution is 2.26. The molecule has 1 fully saturated rings. The highest BCUT2D eigenvalue weighted by atomic mass is 32.2. The maximum atomic E-state index is 11.8. The number of nitrogens with one attached hydrogen (secondary N) is 1. The second-order valence-corrected chi connectivity index (χ2v) is 9.50. The maximum Gasteiger partial charge on any atom is 0.152 e. The van der Waals surface area contributed by atoms with Gasteiger partial charge in [0.05, 0.1) is 47.5 Å². The molecule has 0 amide bonds. The van der Waals surface area contributed by atoms with Crippen molar-refractivity contribution in [2.75, 3.05) is 18.6 Å². The lowest BCUT2D eigenvalue weighted by Crippen LogP contribution is -3.06. The normalized spacial score (nSPS) is 20.0. The number of aromatic nitrogens is 2. The summed E-state index contributed by atoms with van der Waals surface area (Å²) < 4.78 is 25.5. The van der Waals surface area contributed by atoms with Gasteiger partial charge in [0.15, 0.2) is 9.84 Å². The van der Waals surface area contributed by atoms with Crippen molar-refractivity contribution in [3.05, 3.63) is 52.3 Å². The van der Waals surface area contributed by atoms with Gasteiger partial charge in [-0.3, -0.25) is 4.68 Å². The lowest BCUT2D eigenvalue weighted by atomic mass is 10.1. The molecule has 1 aliphatic rings. The van der Waals surface area contributed by atoms with Crippen LogP contribution in [0.4, 0.5) is 0 Å². The minimum Gasteiger partial charge on any atom is -0.330 e. The first kappa shape index (κ1) is 18.6. The number of aryl methyl sites for hydroxylation is 1. The summed E-state index contributed by atoms with van der Waals surface area (Å²) in [6.07, 6.45) is 0.646. The second-order valence-electron chi connectivity index (χ2n) is 7.27. The number of hydrogen-bond acceptors (Lipinski definition) is 4. The Balaban J connectivity index is 1.74. The molecule has 1 aromatic carbocycles. The minimum atomic E-state index is -2.93. The molecule has 0 bridgehead atoms. The Hall–Kier alpha value is -2.17. The minimum absolute atomic E-state index is 0.0416. The molecule has 1 N–H and O–H groups in total. The van der Waals surface area contributed by atoms with Gasteiger partial charge < -0.3 is 4.90 Å². The first-order chi connectivity index (χ1) is 12.3. The fourth-order valence-corrected chi connectivity index (χ4v) is 5.43. The van der Waals surface area contributed by atoms with Crippen molar-refractivity contribution in [3.8, 4) is 6.07 Å². The molecular weight excluding hydrogens is 348 g/mol. The average molecular weight is 374 g/mol. The number of nitriles is 1. The molecule has 138 valence electrons. The van der Waals surface area contributed by atoms with Gasteiger partial charge in [0.25, 0.3) is 0 Å². The molecule has 1 aromatic heterocycles. The number of sulfone groups is 1. The first-order valence-electron chi connectivity index (χ1n) is 8.84. The van der Waals surface area contributed by atoms with E-state index in [-0.39, 0.29) is 17.5 Å². The van der Waals surface area contributed by atoms with E-state index in [1.807, 2.05) is 42.8 Å². The van der Waals surface area contributed by atoms with Crippen LogP contribution in [0.1, 0.15) is 40.5 Å². The smallest absolute Gasteiger partial charge is 0.152 e. The van der Waals surface area contributed by atoms with E-state index in [1.54, 1.807) is 0 Å². The molecule has 26 heavy (non-hydrogen) atoms. The number of quaternary nitrogens is 1. The summed E-state index contributed by atoms with van der Waals surface area (Å²) in [6, 6.07) is 9.83. The van der Waals surface area contributed by atoms with E-state index in [2.05, 4.69) is 18.2 Å². The molecular formula is C19H25N4O2S+. The van der Waals surface area contributed by atoms with Crippen LogP contribution in [0, 0.1) is 25.2 Å². The third-order valence-electron chi connectivity index (χ3n) is 5.07. The molecule has 0 spiro atoms. The van der Waals surface area contributed by atoms with E-state index in [9.17, 15) is 8.42 Å². The maximum absolute atomic E-state index is 11.8. The summed E-state index contributed by atoms with van der Waals surface area (Å²) in [4.78, 5) is 1.30. The predicted molar refractivity (Wildman–Crippen MR) is 99.5 cm³/mol. The monoisotopic (exact) mass is 373 g/mol. The van der Waals surface area contributed by atoms with Crippen molar-refractivity contribution in [2.45, 2.75) is 39.4 Å². The van der Waals surface area contributed by atoms with Gasteiger partial charge >= 0.3 is 0 Å². The van der Waals surface area contributed by atoms with Crippen molar-refractivity contribution in [2.24, 2.45) is 0 Å². The van der Waals surface area contributed by atoms with Crippen LogP contribution in [0.2, 0.25) is 0 Å². The molecule has 7 heteroatoms. The molecule has 0 radical (unpaired) electrons. The van der Waals surface area contributed by atoms with Crippen LogP contribution >= 0.6 is 0 Å². The van der Waals surface area contributed by atoms with Crippen LogP contribution in [0.5, 0.6) is 0 Å². The zero-order valence-electron chi connectivity index (χ0n) is 15.5. The Morgan fingerprint density at radius 1 is 1.35 bits per heavy atom. The van der Waals surface area contributed by atoms with Crippen LogP contribution in [-0.2, 0) is 22.9 Å². The van der Waals surface area contributed by atoms with Gasteiger partial charge in [-0.25, -0.2) is 8.42 Å². The number of nitrogens with zero attached hydrogens (tertiary/aromatic N) is 3. The van der Waals surface area contributed by atoms with Gasteiger partial charge in [0, 0.05) is 11.3 Å². The van der Waals surface area contributed by atoms with Gasteiger partial charge in [0.2, 0.25) is 0 Å². The molecule has 2 atom stereocenters. The SMILES string of the molecule is Cc1nn([C@@H]2CCS(=O)(=O)C2)c(C)c1C[NH+](C)Cc1cccc(C#N)c1. The van der Waals surface area contributed by atoms with Crippen LogP contribution in [0.3, 0.4) is 0 Å². The topological polar surface area (TPSA) is 80.2 Å². The molecule has 3 rings (SSSR count). The van der Waals surface area contributed by atoms with E-state index < -0.39 is 9.84 Å². The fraction of sp³-hybridized carbons (Fsp3) is 0.474. The summed E-state index contributed by atoms with van der Waals surface area (Å²) in [7, 11) is -0.806. The Morgan fingerprint density at radius 2 is 2.12 bits per heavy atom. The largest absolute Gasteiger partial charge is 0.330 e. The second kappa shape index (κ2) is 7.22. The Morgan fingerprint density at radius 3 is 2.77 bits per heavy atom. The van der Waals surface area contributed by atoms with E-state index in [0.29, 0.717) is 12.0 Å². The zero-order chi connectivity index (χ0) is 18.9. The standard InChI is InChI=1S/C19H24N4O2S/c1-14-19(12-22(3)11-17-6-4-5-16(9-17)10-20)15(2)23(21-14)18-7-8-26(24,25)13-18/h4-6,9,18H,7-8,11-13H2,1-3H3/p+1/t18-/m1/s1. The third kappa shape index (κ3) is 3.97. The number of rotatable bonds is 5. The lowest BCUT2D eigenvalue weighted by molar-refractivity contribution is -0.907. The molecule has 2 heterocycles. The fourth-order valence-electron chi connectivity index (χ4n) is 3.74. The quantitative estimate of drug-likeness (QED) is 0.846. The summed E-state index contributed by atoms with van der Waals surface area (Å²) in [5.74, 6) is 0.448. The van der Waals surface area contributed by atoms with Gasteiger partial charge in [-0.1, -0.05) is 12.1 Å². The van der Waals surface area contributed by atoms with Crippen molar-refractivity contribution in [1.29, 1.82) is 5.26 Å². The summed E-state index contributed by atoms with van der Waals surface area (Å²) >= 11 is 0. The van der Waals surface area contributed by atoms with Crippen molar-refractivity contribution in [3.63, 3.8) is 0 Å². The summed E-state index contributed by atoms with van der Waals surface area (Å²) in [5, 5.41) is 13.7. The summed E-state index contributed by atoms with van der Waals surface area (Å²) in [6.45, 7) is 5.65. The van der Waals surface area contributed by atoms with Gasteiger partial charge in [-0.05, 0) is 32.4 Å². The van der Waals surface area contributed by atoms with Crippen LogP contribution in [-0.4, -0.2) is 36.8 Å². The molecule has 0 saturated carbocycles. The van der Waals surface area contributed by atoms with Crippen LogP contribution in [0.25, 0.3) is 0 Å². The third-order valence-corrected chi connectivity index (χ3v) is 6.82. The Labute approximate surface area is 155 Å². The number of benzene rings is 1. The van der Waals surface area contributed by atoms with E-state index in [1.165, 1.54) is 10.5 Å². The highest BCUT2D eigenvalue weighted by Gasteiger charge is 2.31. The molecule has 1 saturated heterocycles. The Bertz CT molecular complexity index is 956. The zero-order valence-corrected chi connectivity index (χ0v) is 16.3. The van der Waals surface area contributed by atoms with Crippen molar-refractivity contribution >= 4 is 9.84 Å². The Kier molecular flexibility index (Phi) is 5.17. The van der Waals surface area contributed by atoms with E-state index in [0.717, 1.165) is 30.0 Å². The van der Waals surface area contributed by atoms with Gasteiger partial charge in [0.1, 0.15) is 13.1 Å². The molecule has 1 unspecified atom stereocenters. The van der Waals surface area contributed by atoms with Gasteiger partial charge in [-0.2, -0.15) is 10.4 Å². The molecule has 6 nitrogen and oxygen atoms in total. The molecule has 0 aliphatic carbocycles. The molecule has 2 aromatic rings. The van der Waals surface area contributed by atoms with Gasteiger partial charge in [-0.15, -0.1) is 0 Å². The average Bonchev–Trinajstić information content (AvgIpc) is 3.08. The lowest BCUT2D eigenvalue weighted by Gasteiger charge is -2.15. The summed E-state index contributed by atoms with van der Waals surface area (Å²) in [5.41, 5.74) is 5.03. The van der Waals surface area contributed by atoms with E-state index in [4.69, 9.17) is 5.26 Å². The van der Waals surface area contributed by atoms with Crippen LogP contribution < -0.4 is 4.90 Å². The van der Waals surface area contributed by atoms with Crippen molar-refractivity contribution < 1.29 is 13.3 Å². The number of hydrogen-bond donors (Lipinski definition) is 1.